The highest BCUT2D eigenvalue weighted by Crippen LogP contribution is 2.26. The molecule has 4 rings (SSSR count). The number of benzene rings is 2. The number of rotatable bonds is 6. The number of carbonyl (C=O) groups is 1. The molecule has 0 spiro atoms. The standard InChI is InChI=1S/C23H24N4OS/c1-16(2)26(14-18-9-5-4-6-10-18)22(28)15-29-23-25-24-21-13-17(3)19-11-7-8-12-20(19)27(21)23/h4-13,16H,14-15H2,1-3H3. The number of hydrogen-bond donors (Lipinski definition) is 0. The van der Waals surface area contributed by atoms with Crippen LogP contribution in [0.3, 0.4) is 0 Å². The first-order valence-electron chi connectivity index (χ1n) is 9.74. The van der Waals surface area contributed by atoms with Crippen LogP contribution in [0.15, 0.2) is 65.8 Å². The molecule has 148 valence electrons. The highest BCUT2D eigenvalue weighted by molar-refractivity contribution is 7.99. The minimum absolute atomic E-state index is 0.0991. The van der Waals surface area contributed by atoms with Gasteiger partial charge in [-0.05, 0) is 44.0 Å². The Morgan fingerprint density at radius 2 is 1.79 bits per heavy atom. The molecule has 6 heteroatoms. The number of pyridine rings is 1. The number of carbonyl (C=O) groups excluding carboxylic acids is 1. The molecule has 2 aromatic carbocycles. The zero-order valence-electron chi connectivity index (χ0n) is 16.9. The molecule has 29 heavy (non-hydrogen) atoms. The van der Waals surface area contributed by atoms with Crippen molar-refractivity contribution in [3.8, 4) is 0 Å². The molecule has 0 atom stereocenters. The van der Waals surface area contributed by atoms with Crippen molar-refractivity contribution < 1.29 is 4.79 Å². The number of hydrogen-bond acceptors (Lipinski definition) is 4. The smallest absolute Gasteiger partial charge is 0.233 e. The summed E-state index contributed by atoms with van der Waals surface area (Å²) in [5, 5.41) is 10.6. The van der Waals surface area contributed by atoms with Crippen LogP contribution in [0, 0.1) is 6.92 Å². The molecule has 1 amide bonds. The van der Waals surface area contributed by atoms with Crippen LogP contribution >= 0.6 is 11.8 Å². The van der Waals surface area contributed by atoms with Crippen molar-refractivity contribution in [1.29, 1.82) is 0 Å². The van der Waals surface area contributed by atoms with E-state index in [1.807, 2.05) is 59.5 Å². The van der Waals surface area contributed by atoms with E-state index < -0.39 is 0 Å². The third-order valence-electron chi connectivity index (χ3n) is 5.04. The van der Waals surface area contributed by atoms with E-state index in [9.17, 15) is 4.79 Å². The van der Waals surface area contributed by atoms with Gasteiger partial charge in [-0.25, -0.2) is 0 Å². The molecule has 0 bridgehead atoms. The van der Waals surface area contributed by atoms with E-state index in [0.717, 1.165) is 21.9 Å². The van der Waals surface area contributed by atoms with Gasteiger partial charge in [0.25, 0.3) is 0 Å². The highest BCUT2D eigenvalue weighted by Gasteiger charge is 2.19. The SMILES string of the molecule is Cc1cc2nnc(SCC(=O)N(Cc3ccccc3)C(C)C)n2c2ccccc12. The van der Waals surface area contributed by atoms with Crippen LogP contribution < -0.4 is 0 Å². The molecule has 0 aliphatic heterocycles. The Labute approximate surface area is 174 Å². The van der Waals surface area contributed by atoms with Crippen LogP contribution in [-0.4, -0.2) is 37.2 Å². The van der Waals surface area contributed by atoms with Crippen molar-refractivity contribution >= 4 is 34.2 Å². The van der Waals surface area contributed by atoms with Gasteiger partial charge in [-0.1, -0.05) is 60.3 Å². The molecule has 4 aromatic rings. The second kappa shape index (κ2) is 8.25. The Morgan fingerprint density at radius 1 is 1.07 bits per heavy atom. The average molecular weight is 405 g/mol. The normalized spacial score (nSPS) is 11.4. The van der Waals surface area contributed by atoms with Crippen LogP contribution in [0.2, 0.25) is 0 Å². The lowest BCUT2D eigenvalue weighted by atomic mass is 10.1. The first-order chi connectivity index (χ1) is 14.0. The monoisotopic (exact) mass is 404 g/mol. The molecule has 2 aromatic heterocycles. The van der Waals surface area contributed by atoms with Gasteiger partial charge in [0, 0.05) is 18.0 Å². The summed E-state index contributed by atoms with van der Waals surface area (Å²) >= 11 is 1.44. The Bertz CT molecular complexity index is 1150. The molecule has 0 N–H and O–H groups in total. The maximum absolute atomic E-state index is 13.0. The quantitative estimate of drug-likeness (QED) is 0.436. The van der Waals surface area contributed by atoms with Crippen molar-refractivity contribution in [2.75, 3.05) is 5.75 Å². The van der Waals surface area contributed by atoms with E-state index in [2.05, 4.69) is 41.4 Å². The largest absolute Gasteiger partial charge is 0.335 e. The lowest BCUT2D eigenvalue weighted by Crippen LogP contribution is -2.37. The molecule has 0 saturated carbocycles. The minimum Gasteiger partial charge on any atom is -0.335 e. The van der Waals surface area contributed by atoms with Crippen LogP contribution in [0.4, 0.5) is 0 Å². The number of para-hydroxylation sites is 1. The maximum atomic E-state index is 13.0. The Hall–Kier alpha value is -2.86. The van der Waals surface area contributed by atoms with Crippen LogP contribution in [0.1, 0.15) is 25.0 Å². The second-order valence-corrected chi connectivity index (χ2v) is 8.35. The van der Waals surface area contributed by atoms with E-state index in [0.29, 0.717) is 12.3 Å². The van der Waals surface area contributed by atoms with E-state index in [1.165, 1.54) is 22.7 Å². The third-order valence-corrected chi connectivity index (χ3v) is 5.95. The van der Waals surface area contributed by atoms with Crippen molar-refractivity contribution in [1.82, 2.24) is 19.5 Å². The lowest BCUT2D eigenvalue weighted by molar-refractivity contribution is -0.130. The summed E-state index contributed by atoms with van der Waals surface area (Å²) in [6.45, 7) is 6.79. The molecule has 0 fully saturated rings. The summed E-state index contributed by atoms with van der Waals surface area (Å²) in [5.41, 5.74) is 4.17. The van der Waals surface area contributed by atoms with Gasteiger partial charge < -0.3 is 4.90 Å². The number of nitrogens with zero attached hydrogens (tertiary/aromatic N) is 4. The summed E-state index contributed by atoms with van der Waals surface area (Å²) in [6.07, 6.45) is 0. The Morgan fingerprint density at radius 3 is 2.55 bits per heavy atom. The van der Waals surface area contributed by atoms with Gasteiger partial charge in [0.05, 0.1) is 11.3 Å². The summed E-state index contributed by atoms with van der Waals surface area (Å²) in [4.78, 5) is 14.9. The number of aromatic nitrogens is 3. The maximum Gasteiger partial charge on any atom is 0.233 e. The molecule has 0 aliphatic carbocycles. The fourth-order valence-electron chi connectivity index (χ4n) is 3.52. The molecule has 0 saturated heterocycles. The summed E-state index contributed by atoms with van der Waals surface area (Å²) in [6, 6.07) is 20.5. The van der Waals surface area contributed by atoms with Crippen LogP contribution in [0.25, 0.3) is 16.6 Å². The predicted molar refractivity (Wildman–Crippen MR) is 118 cm³/mol. The first kappa shape index (κ1) is 19.5. The summed E-state index contributed by atoms with van der Waals surface area (Å²) in [7, 11) is 0. The van der Waals surface area contributed by atoms with Gasteiger partial charge >= 0.3 is 0 Å². The number of aryl methyl sites for hydroxylation is 1. The van der Waals surface area contributed by atoms with Gasteiger partial charge in [0.1, 0.15) is 0 Å². The topological polar surface area (TPSA) is 50.5 Å². The van der Waals surface area contributed by atoms with E-state index >= 15 is 0 Å². The van der Waals surface area contributed by atoms with Gasteiger partial charge in [-0.2, -0.15) is 0 Å². The molecule has 0 unspecified atom stereocenters. The van der Waals surface area contributed by atoms with E-state index in [4.69, 9.17) is 0 Å². The highest BCUT2D eigenvalue weighted by atomic mass is 32.2. The molecule has 0 aliphatic rings. The van der Waals surface area contributed by atoms with Gasteiger partial charge in [0.2, 0.25) is 5.91 Å². The van der Waals surface area contributed by atoms with Crippen molar-refractivity contribution in [2.45, 2.75) is 38.5 Å². The first-order valence-corrected chi connectivity index (χ1v) is 10.7. The zero-order valence-corrected chi connectivity index (χ0v) is 17.7. The van der Waals surface area contributed by atoms with E-state index in [-0.39, 0.29) is 11.9 Å². The summed E-state index contributed by atoms with van der Waals surface area (Å²) < 4.78 is 2.04. The fourth-order valence-corrected chi connectivity index (χ4v) is 4.35. The Kier molecular flexibility index (Phi) is 5.53. The number of amides is 1. The van der Waals surface area contributed by atoms with Crippen molar-refractivity contribution in [3.05, 3.63) is 71.8 Å². The lowest BCUT2D eigenvalue weighted by Gasteiger charge is -2.26. The fraction of sp³-hybridized carbons (Fsp3) is 0.261. The molecule has 2 heterocycles. The minimum atomic E-state index is 0.0991. The van der Waals surface area contributed by atoms with Crippen LogP contribution in [0.5, 0.6) is 0 Å². The molecular weight excluding hydrogens is 380 g/mol. The van der Waals surface area contributed by atoms with E-state index in [1.54, 1.807) is 0 Å². The predicted octanol–water partition coefficient (Wildman–Crippen LogP) is 4.72. The molecule has 5 nitrogen and oxygen atoms in total. The second-order valence-electron chi connectivity index (χ2n) is 7.41. The molecular formula is C23H24N4OS. The summed E-state index contributed by atoms with van der Waals surface area (Å²) in [5.74, 6) is 0.426. The van der Waals surface area contributed by atoms with Crippen LogP contribution in [-0.2, 0) is 11.3 Å². The van der Waals surface area contributed by atoms with Crippen molar-refractivity contribution in [3.63, 3.8) is 0 Å². The number of thioether (sulfide) groups is 1. The Balaban J connectivity index is 1.57. The van der Waals surface area contributed by atoms with Crippen molar-refractivity contribution in [2.24, 2.45) is 0 Å². The van der Waals surface area contributed by atoms with Gasteiger partial charge in [-0.15, -0.1) is 10.2 Å². The van der Waals surface area contributed by atoms with Gasteiger partial charge in [0.15, 0.2) is 10.8 Å². The van der Waals surface area contributed by atoms with Gasteiger partial charge in [-0.3, -0.25) is 9.20 Å². The number of fused-ring (bicyclic) bond motifs is 3. The third kappa shape index (κ3) is 3.98. The zero-order chi connectivity index (χ0) is 20.4. The molecule has 0 radical (unpaired) electrons. The average Bonchev–Trinajstić information content (AvgIpc) is 3.14.